The number of amidine groups is 1. The zero-order valence-corrected chi connectivity index (χ0v) is 84.1. The molecule has 7 amide bonds. The van der Waals surface area contributed by atoms with Crippen molar-refractivity contribution in [3.63, 3.8) is 0 Å². The predicted molar refractivity (Wildman–Crippen MR) is 569 cm³/mol. The van der Waals surface area contributed by atoms with Gasteiger partial charge in [-0.05, 0) is 278 Å². The summed E-state index contributed by atoms with van der Waals surface area (Å²) >= 11 is 0. The standard InChI is InChI=1S/C21H22N4O3.C20H18N4O.C20H21N3O2.C19H20N6O.C19H21N5O.C11H13N5O/c1-13-7-5-6-8-16(13)23-20(26)15-9-10-17(14(2)19(15)28-4)24-21(27)18-11-12-22-25(18)3;1-14-7-3-4-8-18(14)24-23-16-10-11-17(15(2)13-16)22-20(25)19-9-5-6-12-21-19;1-14-6-4-5-7-19(14)25-13-16-8-9-17(15(2)12-16)22-20(24)18-10-11-21-23(18)3;1-12-5-4-9-21-18(12)24-17(20)14-6-7-15(13(2)11-14)23-19(26)16-8-10-22-25(16)3;1-13-6-4-5-7-16(13)20-12-15-8-9-17(14(2)22-15)23-19(25)18-10-11-21-24(18)3;1-7-8(3-4-10(12)14-7)15-11(17)9-5-6-13-16(9)2/h5-12H,1-4H3,(H,23,26)(H,24,27);3-13H,1-2H3,(H,22,25);4-12H,13H2,1-3H3,(H,22,24);4-11H,1-3H3,(H,23,26)(H2,20,21,24);4-11,20H,12H2,1-3H3,(H,23,25);3-6H,1-2H3,(H2,12,14)(H,15,17). The molecule has 0 aliphatic rings. The molecule has 12 N–H and O–H groups in total. The van der Waals surface area contributed by atoms with E-state index in [1.165, 1.54) is 26.7 Å². The van der Waals surface area contributed by atoms with Gasteiger partial charge in [-0.1, -0.05) is 97.1 Å². The normalized spacial score (nSPS) is 10.7. The summed E-state index contributed by atoms with van der Waals surface area (Å²) in [7, 11) is 10.1. The number of azo groups is 1. The second kappa shape index (κ2) is 50.7. The lowest BCUT2D eigenvalue weighted by molar-refractivity contribution is 0.100. The van der Waals surface area contributed by atoms with Gasteiger partial charge in [-0.3, -0.25) is 66.9 Å². The Kier molecular flexibility index (Phi) is 36.8. The molecule has 0 aliphatic carbocycles. The van der Waals surface area contributed by atoms with Crippen LogP contribution in [0.5, 0.6) is 11.5 Å². The lowest BCUT2D eigenvalue weighted by atomic mass is 10.1. The largest absolute Gasteiger partial charge is 0.496 e. The molecular weight excluding hydrogens is 1840 g/mol. The molecule has 9 heterocycles. The molecule has 0 saturated carbocycles. The van der Waals surface area contributed by atoms with Crippen molar-refractivity contribution < 1.29 is 43.0 Å². The van der Waals surface area contributed by atoms with Gasteiger partial charge in [-0.25, -0.2) is 15.0 Å². The van der Waals surface area contributed by atoms with Gasteiger partial charge in [0.15, 0.2) is 5.82 Å². The summed E-state index contributed by atoms with van der Waals surface area (Å²) in [5, 5.41) is 52.0. The van der Waals surface area contributed by atoms with Gasteiger partial charge in [0.05, 0.1) is 59.0 Å². The van der Waals surface area contributed by atoms with Crippen LogP contribution < -0.4 is 63.5 Å². The summed E-state index contributed by atoms with van der Waals surface area (Å²) in [4.78, 5) is 108. The van der Waals surface area contributed by atoms with Crippen LogP contribution >= 0.6 is 0 Å². The quantitative estimate of drug-likeness (QED) is 0.0144. The van der Waals surface area contributed by atoms with Crippen LogP contribution in [0.2, 0.25) is 0 Å². The van der Waals surface area contributed by atoms with Crippen LogP contribution in [0.3, 0.4) is 0 Å². The molecule has 0 spiro atoms. The molecule has 0 aliphatic heterocycles. The lowest BCUT2D eigenvalue weighted by Gasteiger charge is -2.16. The summed E-state index contributed by atoms with van der Waals surface area (Å²) in [6.45, 7) is 22.3. The molecule has 17 aromatic rings. The molecule has 0 atom stereocenters. The van der Waals surface area contributed by atoms with Gasteiger partial charge in [0.1, 0.15) is 63.9 Å². The second-order valence-corrected chi connectivity index (χ2v) is 33.6. The molecule has 0 unspecified atom stereocenters. The van der Waals surface area contributed by atoms with Gasteiger partial charge >= 0.3 is 0 Å². The average molecular weight is 1960 g/mol. The van der Waals surface area contributed by atoms with Gasteiger partial charge in [-0.15, -0.1) is 0 Å². The van der Waals surface area contributed by atoms with Gasteiger partial charge in [0.2, 0.25) is 0 Å². The van der Waals surface area contributed by atoms with Crippen molar-refractivity contribution in [1.29, 1.82) is 0 Å². The Hall–Kier alpha value is -19.0. The number of hydrogen-bond acceptors (Lipinski definition) is 23. The van der Waals surface area contributed by atoms with Crippen LogP contribution in [-0.4, -0.2) is 123 Å². The number of amides is 7. The number of benzene rings is 8. The number of para-hydroxylation sites is 3. The van der Waals surface area contributed by atoms with Gasteiger partial charge < -0.3 is 63.5 Å². The number of aryl methyl sites for hydroxylation is 15. The third-order valence-corrected chi connectivity index (χ3v) is 22.9. The number of carbonyl (C=O) groups is 7. The maximum atomic E-state index is 12.8. The third kappa shape index (κ3) is 29.1. The second-order valence-electron chi connectivity index (χ2n) is 33.6. The SMILES string of the molecule is COc1c(C(=O)Nc2ccccc2C)ccc(NC(=O)c2ccnn2C)c1C.Cc1cc(C(N)=Nc2ncccc2C)ccc1NC(=O)c1ccnn1C.Cc1cc(COc2ccccc2C)ccc1NC(=O)c1ccnn1C.Cc1ccccc1N=Nc1ccc(NC(=O)c2ccccn2)c(C)c1.Cc1ccccc1NCc1ccc(NC(=O)c2ccnn2C)c(C)n1.Cc1nc(N)ccc1NC(=O)c1ccnn1C. The number of rotatable bonds is 25. The van der Waals surface area contributed by atoms with Gasteiger partial charge in [0.25, 0.3) is 41.4 Å². The number of nitrogens with one attached hydrogen (secondary N) is 8. The Bertz CT molecular complexity index is 7430. The van der Waals surface area contributed by atoms with E-state index in [0.717, 1.165) is 101 Å². The number of ether oxygens (including phenoxy) is 2. The number of aliphatic imine (C=N–C) groups is 1. The maximum Gasteiger partial charge on any atom is 0.274 e. The van der Waals surface area contributed by atoms with Crippen molar-refractivity contribution in [3.05, 3.63) is 410 Å². The highest BCUT2D eigenvalue weighted by Gasteiger charge is 2.23. The molecule has 8 aromatic carbocycles. The molecular formula is C110H115N27O9. The molecule has 17 rings (SSSR count). The van der Waals surface area contributed by atoms with E-state index >= 15 is 0 Å². The molecule has 0 radical (unpaired) electrons. The Morgan fingerprint density at radius 2 is 0.788 bits per heavy atom. The zero-order chi connectivity index (χ0) is 105. The maximum absolute atomic E-state index is 12.8. The van der Waals surface area contributed by atoms with Crippen molar-refractivity contribution in [2.75, 3.05) is 55.4 Å². The van der Waals surface area contributed by atoms with Crippen molar-refractivity contribution in [2.45, 2.75) is 89.3 Å². The first kappa shape index (κ1) is 106. The van der Waals surface area contributed by atoms with Crippen molar-refractivity contribution in [3.8, 4) is 11.5 Å². The summed E-state index contributed by atoms with van der Waals surface area (Å²) in [6.07, 6.45) is 11.2. The Labute approximate surface area is 845 Å². The minimum Gasteiger partial charge on any atom is -0.496 e. The number of anilines is 9. The fraction of sp³-hybridized carbons (Fsp3) is 0.173. The lowest BCUT2D eigenvalue weighted by Crippen LogP contribution is -2.18. The number of methoxy groups -OCH3 is 1. The highest BCUT2D eigenvalue weighted by Crippen LogP contribution is 2.33. The molecule has 36 nitrogen and oxygen atoms in total. The van der Waals surface area contributed by atoms with E-state index in [9.17, 15) is 33.6 Å². The molecule has 0 fully saturated rings. The van der Waals surface area contributed by atoms with E-state index in [1.807, 2.05) is 225 Å². The van der Waals surface area contributed by atoms with E-state index in [2.05, 4.69) is 116 Å². The van der Waals surface area contributed by atoms with Crippen LogP contribution in [0.15, 0.2) is 307 Å². The number of aromatic nitrogens is 14. The van der Waals surface area contributed by atoms with Crippen LogP contribution in [0.1, 0.15) is 152 Å². The third-order valence-electron chi connectivity index (χ3n) is 22.9. The van der Waals surface area contributed by atoms with Crippen LogP contribution in [-0.2, 0) is 48.4 Å². The van der Waals surface area contributed by atoms with E-state index in [-0.39, 0.29) is 41.4 Å². The smallest absolute Gasteiger partial charge is 0.274 e. The van der Waals surface area contributed by atoms with E-state index in [0.29, 0.717) is 110 Å². The number of hydrogen-bond donors (Lipinski definition) is 10. The van der Waals surface area contributed by atoms with E-state index in [1.54, 1.807) is 175 Å². The number of nitrogen functional groups attached to an aromatic ring is 1. The number of nitrogens with zero attached hydrogens (tertiary/aromatic N) is 17. The van der Waals surface area contributed by atoms with Gasteiger partial charge in [-0.2, -0.15) is 35.7 Å². The zero-order valence-electron chi connectivity index (χ0n) is 84.1. The average Bonchev–Trinajstić information content (AvgIpc) is 1.02. The van der Waals surface area contributed by atoms with Crippen LogP contribution in [0.4, 0.5) is 68.5 Å². The van der Waals surface area contributed by atoms with Crippen molar-refractivity contribution in [1.82, 2.24) is 68.8 Å². The summed E-state index contributed by atoms with van der Waals surface area (Å²) in [5.74, 6) is 1.08. The topological polar surface area (TPSA) is 464 Å². The minimum atomic E-state index is -0.290. The highest BCUT2D eigenvalue weighted by molar-refractivity contribution is 6.10. The van der Waals surface area contributed by atoms with Crippen LogP contribution in [0.25, 0.3) is 0 Å². The highest BCUT2D eigenvalue weighted by atomic mass is 16.5. The first-order valence-electron chi connectivity index (χ1n) is 46.1. The van der Waals surface area contributed by atoms with Crippen molar-refractivity contribution in [2.24, 2.45) is 56.2 Å². The first-order valence-corrected chi connectivity index (χ1v) is 46.1. The minimum absolute atomic E-state index is 0.174. The molecule has 0 bridgehead atoms. The van der Waals surface area contributed by atoms with Gasteiger partial charge in [0, 0.05) is 124 Å². The fourth-order valence-electron chi connectivity index (χ4n) is 14.5. The number of pyridine rings is 4. The Morgan fingerprint density at radius 1 is 0.356 bits per heavy atom. The number of carbonyl (C=O) groups excluding carboxylic acids is 7. The number of nitrogens with two attached hydrogens (primary N) is 2. The summed E-state index contributed by atoms with van der Waals surface area (Å²) in [5.41, 5.74) is 35.3. The summed E-state index contributed by atoms with van der Waals surface area (Å²) < 4.78 is 19.0. The first-order chi connectivity index (χ1) is 70.2. The van der Waals surface area contributed by atoms with Crippen molar-refractivity contribution >= 4 is 116 Å². The molecule has 36 heteroatoms. The predicted octanol–water partition coefficient (Wildman–Crippen LogP) is 19.8. The molecule has 0 saturated heterocycles. The Balaban J connectivity index is 0.000000157. The van der Waals surface area contributed by atoms with E-state index in [4.69, 9.17) is 20.9 Å². The van der Waals surface area contributed by atoms with Crippen LogP contribution in [0, 0.1) is 76.2 Å². The van der Waals surface area contributed by atoms with E-state index < -0.39 is 0 Å². The molecule has 744 valence electrons. The Morgan fingerprint density at radius 3 is 1.27 bits per heavy atom. The fourth-order valence-corrected chi connectivity index (χ4v) is 14.5. The molecule has 9 aromatic heterocycles. The summed E-state index contributed by atoms with van der Waals surface area (Å²) in [6, 6.07) is 76.2. The monoisotopic (exact) mass is 1960 g/mol. The molecule has 146 heavy (non-hydrogen) atoms.